The van der Waals surface area contributed by atoms with Crippen molar-refractivity contribution in [2.24, 2.45) is 5.41 Å². The van der Waals surface area contributed by atoms with Crippen LogP contribution in [0.5, 0.6) is 0 Å². The van der Waals surface area contributed by atoms with Gasteiger partial charge in [-0.05, 0) is 45.1 Å². The molecule has 0 bridgehead atoms. The largest absolute Gasteiger partial charge is 0.298 e. The van der Waals surface area contributed by atoms with Crippen LogP contribution in [0.2, 0.25) is 0 Å². The molecule has 1 heterocycles. The second-order valence-electron chi connectivity index (χ2n) is 5.89. The van der Waals surface area contributed by atoms with E-state index in [0.29, 0.717) is 5.41 Å². The Morgan fingerprint density at radius 3 is 2.38 bits per heavy atom. The molecule has 0 aromatic carbocycles. The lowest BCUT2D eigenvalue weighted by Crippen LogP contribution is -2.37. The predicted molar refractivity (Wildman–Crippen MR) is 58.9 cm³/mol. The first kappa shape index (κ1) is 11.0. The summed E-state index contributed by atoms with van der Waals surface area (Å²) in [6, 6.07) is 1.58. The predicted octanol–water partition coefficient (Wildman–Crippen LogP) is 3.30. The van der Waals surface area contributed by atoms with Crippen LogP contribution in [0.25, 0.3) is 0 Å². The van der Waals surface area contributed by atoms with Crippen molar-refractivity contribution in [3.63, 3.8) is 0 Å². The standard InChI is InChI=1S/C12H25N/c1-10(2)13-8-6-7-11(13)9-12(3,4)5/h10-11H,6-9H2,1-5H3/t11-/m0/s1. The number of nitrogens with zero attached hydrogens (tertiary/aromatic N) is 1. The van der Waals surface area contributed by atoms with Gasteiger partial charge in [0.2, 0.25) is 0 Å². The zero-order chi connectivity index (χ0) is 10.1. The van der Waals surface area contributed by atoms with E-state index in [0.717, 1.165) is 12.1 Å². The van der Waals surface area contributed by atoms with Gasteiger partial charge < -0.3 is 0 Å². The number of rotatable bonds is 2. The second kappa shape index (κ2) is 4.00. The topological polar surface area (TPSA) is 3.24 Å². The summed E-state index contributed by atoms with van der Waals surface area (Å²) in [4.78, 5) is 2.67. The summed E-state index contributed by atoms with van der Waals surface area (Å²) in [5, 5.41) is 0. The normalized spacial score (nSPS) is 25.8. The third kappa shape index (κ3) is 3.30. The van der Waals surface area contributed by atoms with Crippen LogP contribution in [0.4, 0.5) is 0 Å². The molecule has 0 saturated carbocycles. The quantitative estimate of drug-likeness (QED) is 0.635. The molecule has 1 rings (SSSR count). The fraction of sp³-hybridized carbons (Fsp3) is 1.00. The van der Waals surface area contributed by atoms with Gasteiger partial charge in [-0.15, -0.1) is 0 Å². The van der Waals surface area contributed by atoms with Crippen molar-refractivity contribution in [1.29, 1.82) is 0 Å². The van der Waals surface area contributed by atoms with E-state index in [9.17, 15) is 0 Å². The Bertz CT molecular complexity index is 155. The zero-order valence-electron chi connectivity index (χ0n) is 9.93. The third-order valence-electron chi connectivity index (χ3n) is 2.93. The van der Waals surface area contributed by atoms with Gasteiger partial charge in [0, 0.05) is 12.1 Å². The molecule has 1 nitrogen and oxygen atoms in total. The summed E-state index contributed by atoms with van der Waals surface area (Å²) in [5.41, 5.74) is 0.488. The monoisotopic (exact) mass is 183 g/mol. The molecular weight excluding hydrogens is 158 g/mol. The molecule has 0 spiro atoms. The molecule has 0 N–H and O–H groups in total. The highest BCUT2D eigenvalue weighted by molar-refractivity contribution is 4.84. The van der Waals surface area contributed by atoms with E-state index in [-0.39, 0.29) is 0 Å². The van der Waals surface area contributed by atoms with Crippen molar-refractivity contribution in [3.8, 4) is 0 Å². The van der Waals surface area contributed by atoms with E-state index < -0.39 is 0 Å². The molecule has 0 aromatic heterocycles. The molecule has 1 atom stereocenters. The lowest BCUT2D eigenvalue weighted by atomic mass is 9.87. The molecule has 1 saturated heterocycles. The van der Waals surface area contributed by atoms with Gasteiger partial charge in [0.15, 0.2) is 0 Å². The van der Waals surface area contributed by atoms with Crippen LogP contribution in [-0.2, 0) is 0 Å². The molecular formula is C12H25N. The maximum Gasteiger partial charge on any atom is 0.0103 e. The van der Waals surface area contributed by atoms with Crippen LogP contribution >= 0.6 is 0 Å². The van der Waals surface area contributed by atoms with Crippen molar-refractivity contribution < 1.29 is 0 Å². The summed E-state index contributed by atoms with van der Waals surface area (Å²) in [5.74, 6) is 0. The smallest absolute Gasteiger partial charge is 0.0103 e. The van der Waals surface area contributed by atoms with Crippen molar-refractivity contribution in [2.45, 2.75) is 66.0 Å². The van der Waals surface area contributed by atoms with Crippen molar-refractivity contribution >= 4 is 0 Å². The number of hydrogen-bond donors (Lipinski definition) is 0. The SMILES string of the molecule is CC(C)N1CCC[C@H]1CC(C)(C)C. The molecule has 0 aliphatic carbocycles. The Kier molecular flexibility index (Phi) is 3.39. The Labute approximate surface area is 83.5 Å². The van der Waals surface area contributed by atoms with Gasteiger partial charge in [-0.2, -0.15) is 0 Å². The first-order valence-electron chi connectivity index (χ1n) is 5.66. The lowest BCUT2D eigenvalue weighted by Gasteiger charge is -2.32. The van der Waals surface area contributed by atoms with Crippen LogP contribution in [0.3, 0.4) is 0 Å². The minimum absolute atomic E-state index is 0.488. The molecule has 1 fully saturated rings. The van der Waals surface area contributed by atoms with E-state index in [1.54, 1.807) is 0 Å². The fourth-order valence-corrected chi connectivity index (χ4v) is 2.46. The van der Waals surface area contributed by atoms with E-state index in [2.05, 4.69) is 39.5 Å². The first-order chi connectivity index (χ1) is 5.90. The van der Waals surface area contributed by atoms with Crippen LogP contribution < -0.4 is 0 Å². The van der Waals surface area contributed by atoms with Crippen molar-refractivity contribution in [2.75, 3.05) is 6.54 Å². The molecule has 1 aliphatic heterocycles. The van der Waals surface area contributed by atoms with Crippen LogP contribution in [0.1, 0.15) is 53.9 Å². The number of hydrogen-bond acceptors (Lipinski definition) is 1. The van der Waals surface area contributed by atoms with Crippen LogP contribution in [0, 0.1) is 5.41 Å². The van der Waals surface area contributed by atoms with Gasteiger partial charge in [0.1, 0.15) is 0 Å². The van der Waals surface area contributed by atoms with Gasteiger partial charge in [-0.25, -0.2) is 0 Å². The van der Waals surface area contributed by atoms with E-state index in [4.69, 9.17) is 0 Å². The second-order valence-corrected chi connectivity index (χ2v) is 5.89. The average Bonchev–Trinajstić information content (AvgIpc) is 2.31. The molecule has 0 amide bonds. The molecule has 0 unspecified atom stereocenters. The maximum atomic E-state index is 2.67. The minimum Gasteiger partial charge on any atom is -0.298 e. The van der Waals surface area contributed by atoms with Crippen LogP contribution in [0.15, 0.2) is 0 Å². The Hall–Kier alpha value is -0.0400. The van der Waals surface area contributed by atoms with E-state index in [1.807, 2.05) is 0 Å². The Balaban J connectivity index is 2.49. The van der Waals surface area contributed by atoms with Gasteiger partial charge in [-0.1, -0.05) is 20.8 Å². The lowest BCUT2D eigenvalue weighted by molar-refractivity contribution is 0.158. The highest BCUT2D eigenvalue weighted by Crippen LogP contribution is 2.30. The average molecular weight is 183 g/mol. The molecule has 0 aromatic rings. The highest BCUT2D eigenvalue weighted by Gasteiger charge is 2.29. The molecule has 1 aliphatic rings. The number of likely N-dealkylation sites (tertiary alicyclic amines) is 1. The molecule has 13 heavy (non-hydrogen) atoms. The van der Waals surface area contributed by atoms with Crippen molar-refractivity contribution in [3.05, 3.63) is 0 Å². The van der Waals surface area contributed by atoms with Crippen LogP contribution in [-0.4, -0.2) is 23.5 Å². The zero-order valence-corrected chi connectivity index (χ0v) is 9.93. The third-order valence-corrected chi connectivity index (χ3v) is 2.93. The molecule has 78 valence electrons. The molecule has 1 heteroatoms. The van der Waals surface area contributed by atoms with E-state index >= 15 is 0 Å². The Morgan fingerprint density at radius 2 is 1.92 bits per heavy atom. The Morgan fingerprint density at radius 1 is 1.31 bits per heavy atom. The summed E-state index contributed by atoms with van der Waals surface area (Å²) < 4.78 is 0. The first-order valence-corrected chi connectivity index (χ1v) is 5.66. The minimum atomic E-state index is 0.488. The van der Waals surface area contributed by atoms with Gasteiger partial charge >= 0.3 is 0 Å². The van der Waals surface area contributed by atoms with E-state index in [1.165, 1.54) is 25.8 Å². The van der Waals surface area contributed by atoms with Crippen molar-refractivity contribution in [1.82, 2.24) is 4.90 Å². The van der Waals surface area contributed by atoms with Gasteiger partial charge in [0.05, 0.1) is 0 Å². The van der Waals surface area contributed by atoms with Gasteiger partial charge in [-0.3, -0.25) is 4.90 Å². The van der Waals surface area contributed by atoms with Gasteiger partial charge in [0.25, 0.3) is 0 Å². The fourth-order valence-electron chi connectivity index (χ4n) is 2.46. The maximum absolute atomic E-state index is 2.67. The molecule has 0 radical (unpaired) electrons. The summed E-state index contributed by atoms with van der Waals surface area (Å²) in [7, 11) is 0. The summed E-state index contributed by atoms with van der Waals surface area (Å²) in [6.45, 7) is 13.0. The summed E-state index contributed by atoms with van der Waals surface area (Å²) >= 11 is 0. The summed E-state index contributed by atoms with van der Waals surface area (Å²) in [6.07, 6.45) is 4.17. The highest BCUT2D eigenvalue weighted by atomic mass is 15.2.